The summed E-state index contributed by atoms with van der Waals surface area (Å²) in [6.45, 7) is -0.0333. The van der Waals surface area contributed by atoms with Crippen molar-refractivity contribution in [3.63, 3.8) is 0 Å². The molecule has 8 nitrogen and oxygen atoms in total. The first-order chi connectivity index (χ1) is 15.4. The fourth-order valence-electron chi connectivity index (χ4n) is 3.65. The average molecular weight is 433 g/mol. The first-order valence-electron chi connectivity index (χ1n) is 9.55. The highest BCUT2D eigenvalue weighted by atomic mass is 19.1. The molecule has 160 valence electrons. The van der Waals surface area contributed by atoms with Crippen molar-refractivity contribution in [2.45, 2.75) is 12.6 Å². The molecule has 32 heavy (non-hydrogen) atoms. The molecule has 2 aromatic carbocycles. The van der Waals surface area contributed by atoms with Gasteiger partial charge in [-0.1, -0.05) is 24.3 Å². The normalized spacial score (nSPS) is 17.5. The van der Waals surface area contributed by atoms with Crippen LogP contribution in [0, 0.1) is 15.9 Å². The van der Waals surface area contributed by atoms with E-state index in [1.165, 1.54) is 53.6 Å². The molecule has 1 aliphatic rings. The van der Waals surface area contributed by atoms with Crippen molar-refractivity contribution in [2.24, 2.45) is 0 Å². The third kappa shape index (κ3) is 3.71. The molecule has 0 spiro atoms. The van der Waals surface area contributed by atoms with Crippen molar-refractivity contribution < 1.29 is 24.0 Å². The third-order valence-electron chi connectivity index (χ3n) is 5.17. The van der Waals surface area contributed by atoms with Gasteiger partial charge in [0.15, 0.2) is 0 Å². The molecule has 4 rings (SSSR count). The molecule has 0 saturated carbocycles. The number of aromatic nitrogens is 1. The summed E-state index contributed by atoms with van der Waals surface area (Å²) in [6.07, 6.45) is 3.08. The summed E-state index contributed by atoms with van der Waals surface area (Å²) in [7, 11) is 0. The summed E-state index contributed by atoms with van der Waals surface area (Å²) in [6, 6.07) is 12.7. The lowest BCUT2D eigenvalue weighted by molar-refractivity contribution is -0.384. The molecular formula is C23H16FN3O5. The average Bonchev–Trinajstić information content (AvgIpc) is 3.04. The van der Waals surface area contributed by atoms with Gasteiger partial charge >= 0.3 is 0 Å². The standard InChI is InChI=1S/C23H16FN3O5/c24-18-6-2-1-5-17(18)20-19(21(28)15-7-9-16(10-8-15)27(31)32)22(29)23(30)26(20)13-14-4-3-11-25-12-14/h1-12,20,28H,13H2/b21-19+. The third-order valence-corrected chi connectivity index (χ3v) is 5.17. The van der Waals surface area contributed by atoms with E-state index in [-0.39, 0.29) is 28.9 Å². The molecule has 0 radical (unpaired) electrons. The number of benzene rings is 2. The van der Waals surface area contributed by atoms with Crippen LogP contribution in [0.2, 0.25) is 0 Å². The summed E-state index contributed by atoms with van der Waals surface area (Å²) < 4.78 is 14.7. The smallest absolute Gasteiger partial charge is 0.295 e. The molecule has 1 unspecified atom stereocenters. The number of non-ortho nitro benzene ring substituents is 1. The van der Waals surface area contributed by atoms with Gasteiger partial charge in [0.2, 0.25) is 0 Å². The van der Waals surface area contributed by atoms with Crippen LogP contribution in [0.4, 0.5) is 10.1 Å². The molecule has 1 aliphatic heterocycles. The van der Waals surface area contributed by atoms with E-state index in [0.29, 0.717) is 5.56 Å². The molecule has 1 fully saturated rings. The van der Waals surface area contributed by atoms with E-state index in [0.717, 1.165) is 0 Å². The lowest BCUT2D eigenvalue weighted by Crippen LogP contribution is -2.29. The van der Waals surface area contributed by atoms with Crippen molar-refractivity contribution in [3.8, 4) is 0 Å². The Morgan fingerprint density at radius 3 is 2.44 bits per heavy atom. The lowest BCUT2D eigenvalue weighted by Gasteiger charge is -2.25. The number of amides is 1. The number of hydrogen-bond acceptors (Lipinski definition) is 6. The SMILES string of the molecule is O=C1C(=O)N(Cc2cccnc2)C(c2ccccc2F)/C1=C(\O)c1ccc([N+](=O)[O-])cc1. The highest BCUT2D eigenvalue weighted by Gasteiger charge is 2.47. The quantitative estimate of drug-likeness (QED) is 0.216. The minimum absolute atomic E-state index is 0.0333. The summed E-state index contributed by atoms with van der Waals surface area (Å²) in [5.41, 5.74) is 0.253. The van der Waals surface area contributed by atoms with Crippen molar-refractivity contribution in [2.75, 3.05) is 0 Å². The van der Waals surface area contributed by atoms with E-state index in [9.17, 15) is 29.2 Å². The Labute approximate surface area is 181 Å². The number of nitrogens with zero attached hydrogens (tertiary/aromatic N) is 3. The van der Waals surface area contributed by atoms with E-state index in [1.54, 1.807) is 24.4 Å². The first kappa shape index (κ1) is 20.9. The van der Waals surface area contributed by atoms with Crippen molar-refractivity contribution in [1.29, 1.82) is 0 Å². The van der Waals surface area contributed by atoms with E-state index in [2.05, 4.69) is 4.98 Å². The minimum Gasteiger partial charge on any atom is -0.507 e. The lowest BCUT2D eigenvalue weighted by atomic mass is 9.94. The van der Waals surface area contributed by atoms with Crippen LogP contribution in [0.3, 0.4) is 0 Å². The number of hydrogen-bond donors (Lipinski definition) is 1. The number of nitro groups is 1. The topological polar surface area (TPSA) is 114 Å². The number of aliphatic hydroxyl groups excluding tert-OH is 1. The second kappa shape index (κ2) is 8.38. The molecule has 1 N–H and O–H groups in total. The van der Waals surface area contributed by atoms with Gasteiger partial charge in [0.05, 0.1) is 16.5 Å². The molecule has 9 heteroatoms. The van der Waals surface area contributed by atoms with Crippen LogP contribution in [0.25, 0.3) is 5.76 Å². The second-order valence-electron chi connectivity index (χ2n) is 7.11. The van der Waals surface area contributed by atoms with Gasteiger partial charge in [-0.2, -0.15) is 0 Å². The number of halogens is 1. The van der Waals surface area contributed by atoms with E-state index in [4.69, 9.17) is 0 Å². The highest BCUT2D eigenvalue weighted by Crippen LogP contribution is 2.41. The maximum atomic E-state index is 14.7. The van der Waals surface area contributed by atoms with Crippen LogP contribution in [0.15, 0.2) is 78.6 Å². The summed E-state index contributed by atoms with van der Waals surface area (Å²) in [5.74, 6) is -3.06. The molecular weight excluding hydrogens is 417 g/mol. The Morgan fingerprint density at radius 2 is 1.81 bits per heavy atom. The zero-order valence-electron chi connectivity index (χ0n) is 16.5. The van der Waals surface area contributed by atoms with Gasteiger partial charge in [-0.15, -0.1) is 0 Å². The van der Waals surface area contributed by atoms with Gasteiger partial charge in [-0.05, 0) is 29.8 Å². The van der Waals surface area contributed by atoms with Gasteiger partial charge in [0.25, 0.3) is 17.4 Å². The molecule has 1 saturated heterocycles. The van der Waals surface area contributed by atoms with Crippen LogP contribution in [-0.4, -0.2) is 31.6 Å². The minimum atomic E-state index is -1.19. The van der Waals surface area contributed by atoms with E-state index >= 15 is 0 Å². The van der Waals surface area contributed by atoms with Crippen LogP contribution < -0.4 is 0 Å². The van der Waals surface area contributed by atoms with Crippen LogP contribution >= 0.6 is 0 Å². The zero-order valence-corrected chi connectivity index (χ0v) is 16.5. The Bertz CT molecular complexity index is 1240. The van der Waals surface area contributed by atoms with E-state index < -0.39 is 34.2 Å². The second-order valence-corrected chi connectivity index (χ2v) is 7.11. The highest BCUT2D eigenvalue weighted by molar-refractivity contribution is 6.46. The predicted molar refractivity (Wildman–Crippen MR) is 112 cm³/mol. The number of pyridine rings is 1. The van der Waals surface area contributed by atoms with Crippen LogP contribution in [0.5, 0.6) is 0 Å². The number of nitro benzene ring substituents is 1. The maximum absolute atomic E-state index is 14.7. The largest absolute Gasteiger partial charge is 0.507 e. The number of Topliss-reactive ketones (excluding diaryl/α,β-unsaturated/α-hetero) is 1. The number of carbonyl (C=O) groups excluding carboxylic acids is 2. The van der Waals surface area contributed by atoms with Gasteiger partial charge < -0.3 is 10.0 Å². The Hall–Kier alpha value is -4.40. The first-order valence-corrected chi connectivity index (χ1v) is 9.55. The van der Waals surface area contributed by atoms with Crippen molar-refractivity contribution in [1.82, 2.24) is 9.88 Å². The maximum Gasteiger partial charge on any atom is 0.295 e. The van der Waals surface area contributed by atoms with E-state index in [1.807, 2.05) is 0 Å². The monoisotopic (exact) mass is 433 g/mol. The van der Waals surface area contributed by atoms with Gasteiger partial charge in [0, 0.05) is 42.2 Å². The zero-order chi connectivity index (χ0) is 22.8. The molecule has 3 aromatic rings. The van der Waals surface area contributed by atoms with Crippen LogP contribution in [0.1, 0.15) is 22.7 Å². The molecule has 2 heterocycles. The number of ketones is 1. The summed E-state index contributed by atoms with van der Waals surface area (Å²) >= 11 is 0. The number of carbonyl (C=O) groups is 2. The van der Waals surface area contributed by atoms with Crippen molar-refractivity contribution >= 4 is 23.1 Å². The Balaban J connectivity index is 1.86. The fourth-order valence-corrected chi connectivity index (χ4v) is 3.65. The molecule has 1 amide bonds. The Morgan fingerprint density at radius 1 is 1.09 bits per heavy atom. The van der Waals surface area contributed by atoms with Crippen molar-refractivity contribution in [3.05, 3.63) is 111 Å². The predicted octanol–water partition coefficient (Wildman–Crippen LogP) is 3.75. The Kier molecular flexibility index (Phi) is 5.46. The van der Waals surface area contributed by atoms with Gasteiger partial charge in [-0.3, -0.25) is 24.7 Å². The summed E-state index contributed by atoms with van der Waals surface area (Å²) in [4.78, 5) is 41.3. The molecule has 0 bridgehead atoms. The number of likely N-dealkylation sites (tertiary alicyclic amines) is 1. The van der Waals surface area contributed by atoms with Crippen LogP contribution in [-0.2, 0) is 16.1 Å². The van der Waals surface area contributed by atoms with Gasteiger partial charge in [0.1, 0.15) is 11.6 Å². The number of rotatable bonds is 5. The molecule has 1 aromatic heterocycles. The summed E-state index contributed by atoms with van der Waals surface area (Å²) in [5, 5.41) is 21.8. The molecule has 1 atom stereocenters. The molecule has 0 aliphatic carbocycles. The number of aliphatic hydroxyl groups is 1. The fraction of sp³-hybridized carbons (Fsp3) is 0.0870. The van der Waals surface area contributed by atoms with Gasteiger partial charge in [-0.25, -0.2) is 4.39 Å².